The Bertz CT molecular complexity index is 488. The van der Waals surface area contributed by atoms with Crippen LogP contribution in [-0.2, 0) is 6.54 Å². The number of rotatable bonds is 4. The van der Waals surface area contributed by atoms with Gasteiger partial charge in [-0.25, -0.2) is 0 Å². The standard InChI is InChI=1S/C13H18N4/c1-10(2)6-7-17-9-13(15-16-17)11-4-3-5-12(14)8-11/h3-5,8-10H,6-7,14H2,1-2H3. The van der Waals surface area contributed by atoms with Crippen molar-refractivity contribution in [3.05, 3.63) is 30.5 Å². The van der Waals surface area contributed by atoms with Gasteiger partial charge in [-0.2, -0.15) is 0 Å². The Hall–Kier alpha value is -1.84. The fraction of sp³-hybridized carbons (Fsp3) is 0.385. The van der Waals surface area contributed by atoms with Gasteiger partial charge in [-0.05, 0) is 24.5 Å². The minimum Gasteiger partial charge on any atom is -0.399 e. The molecule has 4 nitrogen and oxygen atoms in total. The Morgan fingerprint density at radius 1 is 1.35 bits per heavy atom. The number of nitrogen functional groups attached to an aromatic ring is 1. The molecule has 0 aliphatic rings. The predicted molar refractivity (Wildman–Crippen MR) is 69.3 cm³/mol. The van der Waals surface area contributed by atoms with E-state index in [0.29, 0.717) is 5.92 Å². The zero-order chi connectivity index (χ0) is 12.3. The molecule has 2 aromatic rings. The van der Waals surface area contributed by atoms with Crippen molar-refractivity contribution in [2.75, 3.05) is 5.73 Å². The van der Waals surface area contributed by atoms with Crippen LogP contribution in [0.25, 0.3) is 11.3 Å². The summed E-state index contributed by atoms with van der Waals surface area (Å²) in [6.07, 6.45) is 3.08. The molecule has 17 heavy (non-hydrogen) atoms. The summed E-state index contributed by atoms with van der Waals surface area (Å²) in [5.74, 6) is 0.676. The molecule has 0 radical (unpaired) electrons. The van der Waals surface area contributed by atoms with Gasteiger partial charge < -0.3 is 5.73 Å². The Balaban J connectivity index is 2.12. The minimum atomic E-state index is 0.676. The molecule has 0 fully saturated rings. The third-order valence-electron chi connectivity index (χ3n) is 2.66. The van der Waals surface area contributed by atoms with Gasteiger partial charge in [0.05, 0.1) is 6.20 Å². The molecule has 4 heteroatoms. The Labute approximate surface area is 101 Å². The van der Waals surface area contributed by atoms with Gasteiger partial charge in [0.25, 0.3) is 0 Å². The fourth-order valence-corrected chi connectivity index (χ4v) is 1.63. The summed E-state index contributed by atoms with van der Waals surface area (Å²) in [6, 6.07) is 7.70. The number of benzene rings is 1. The lowest BCUT2D eigenvalue weighted by molar-refractivity contribution is 0.478. The van der Waals surface area contributed by atoms with Crippen molar-refractivity contribution in [2.45, 2.75) is 26.8 Å². The van der Waals surface area contributed by atoms with Gasteiger partial charge in [0.2, 0.25) is 0 Å². The van der Waals surface area contributed by atoms with Crippen molar-refractivity contribution in [3.8, 4) is 11.3 Å². The largest absolute Gasteiger partial charge is 0.399 e. The fourth-order valence-electron chi connectivity index (χ4n) is 1.63. The van der Waals surface area contributed by atoms with Gasteiger partial charge >= 0.3 is 0 Å². The van der Waals surface area contributed by atoms with Crippen LogP contribution in [0.4, 0.5) is 5.69 Å². The maximum Gasteiger partial charge on any atom is 0.113 e. The lowest BCUT2D eigenvalue weighted by Gasteiger charge is -2.02. The summed E-state index contributed by atoms with van der Waals surface area (Å²) in [7, 11) is 0. The first-order valence-electron chi connectivity index (χ1n) is 5.91. The van der Waals surface area contributed by atoms with Crippen LogP contribution >= 0.6 is 0 Å². The van der Waals surface area contributed by atoms with Gasteiger partial charge in [-0.3, -0.25) is 4.68 Å². The highest BCUT2D eigenvalue weighted by atomic mass is 15.4. The molecule has 0 aliphatic carbocycles. The number of aryl methyl sites for hydroxylation is 1. The van der Waals surface area contributed by atoms with E-state index < -0.39 is 0 Å². The normalized spacial score (nSPS) is 11.0. The van der Waals surface area contributed by atoms with Crippen LogP contribution in [0.3, 0.4) is 0 Å². The highest BCUT2D eigenvalue weighted by molar-refractivity contribution is 5.62. The molecule has 0 unspecified atom stereocenters. The summed E-state index contributed by atoms with van der Waals surface area (Å²) < 4.78 is 1.89. The lowest BCUT2D eigenvalue weighted by atomic mass is 10.1. The summed E-state index contributed by atoms with van der Waals surface area (Å²) >= 11 is 0. The molecule has 0 saturated heterocycles. The Kier molecular flexibility index (Phi) is 3.42. The number of nitrogens with zero attached hydrogens (tertiary/aromatic N) is 3. The first kappa shape index (κ1) is 11.6. The molecule has 1 heterocycles. The number of hydrogen-bond donors (Lipinski definition) is 1. The van der Waals surface area contributed by atoms with Crippen LogP contribution in [0.15, 0.2) is 30.5 Å². The van der Waals surface area contributed by atoms with Crippen molar-refractivity contribution in [3.63, 3.8) is 0 Å². The molecule has 0 spiro atoms. The number of hydrogen-bond acceptors (Lipinski definition) is 3. The summed E-state index contributed by atoms with van der Waals surface area (Å²) in [4.78, 5) is 0. The van der Waals surface area contributed by atoms with E-state index in [1.807, 2.05) is 35.1 Å². The van der Waals surface area contributed by atoms with E-state index in [0.717, 1.165) is 29.9 Å². The monoisotopic (exact) mass is 230 g/mol. The second kappa shape index (κ2) is 4.99. The smallest absolute Gasteiger partial charge is 0.113 e. The van der Waals surface area contributed by atoms with Gasteiger partial charge in [0, 0.05) is 17.8 Å². The quantitative estimate of drug-likeness (QED) is 0.821. The highest BCUT2D eigenvalue weighted by Gasteiger charge is 2.04. The van der Waals surface area contributed by atoms with Gasteiger partial charge in [-0.1, -0.05) is 31.2 Å². The van der Waals surface area contributed by atoms with E-state index in [2.05, 4.69) is 24.2 Å². The average Bonchev–Trinajstić information content (AvgIpc) is 2.75. The number of aromatic nitrogens is 3. The third-order valence-corrected chi connectivity index (χ3v) is 2.66. The van der Waals surface area contributed by atoms with Crippen LogP contribution in [0, 0.1) is 5.92 Å². The molecule has 0 bridgehead atoms. The molecule has 1 aromatic carbocycles. The maximum atomic E-state index is 5.75. The SMILES string of the molecule is CC(C)CCn1cc(-c2cccc(N)c2)nn1. The van der Waals surface area contributed by atoms with Crippen LogP contribution in [0.5, 0.6) is 0 Å². The molecule has 1 aromatic heterocycles. The van der Waals surface area contributed by atoms with Crippen molar-refractivity contribution in [1.82, 2.24) is 15.0 Å². The average molecular weight is 230 g/mol. The summed E-state index contributed by atoms with van der Waals surface area (Å²) in [6.45, 7) is 5.32. The number of nitrogens with two attached hydrogens (primary N) is 1. The molecule has 2 rings (SSSR count). The van der Waals surface area contributed by atoms with Crippen molar-refractivity contribution >= 4 is 5.69 Å². The molecule has 0 amide bonds. The molecule has 0 aliphatic heterocycles. The zero-order valence-corrected chi connectivity index (χ0v) is 10.3. The van der Waals surface area contributed by atoms with Crippen LogP contribution in [-0.4, -0.2) is 15.0 Å². The molecular weight excluding hydrogens is 212 g/mol. The van der Waals surface area contributed by atoms with Crippen molar-refractivity contribution in [2.24, 2.45) is 5.92 Å². The maximum absolute atomic E-state index is 5.75. The molecule has 0 saturated carbocycles. The van der Waals surface area contributed by atoms with Crippen LogP contribution in [0.1, 0.15) is 20.3 Å². The van der Waals surface area contributed by atoms with E-state index in [1.165, 1.54) is 0 Å². The van der Waals surface area contributed by atoms with Crippen molar-refractivity contribution in [1.29, 1.82) is 0 Å². The van der Waals surface area contributed by atoms with E-state index in [1.54, 1.807) is 0 Å². The van der Waals surface area contributed by atoms with E-state index in [9.17, 15) is 0 Å². The second-order valence-corrected chi connectivity index (χ2v) is 4.67. The Morgan fingerprint density at radius 3 is 2.88 bits per heavy atom. The first-order valence-corrected chi connectivity index (χ1v) is 5.91. The highest BCUT2D eigenvalue weighted by Crippen LogP contribution is 2.18. The third kappa shape index (κ3) is 3.06. The van der Waals surface area contributed by atoms with Gasteiger partial charge in [0.1, 0.15) is 5.69 Å². The van der Waals surface area contributed by atoms with Crippen LogP contribution < -0.4 is 5.73 Å². The molecule has 2 N–H and O–H groups in total. The van der Waals surface area contributed by atoms with Gasteiger partial charge in [0.15, 0.2) is 0 Å². The first-order chi connectivity index (χ1) is 8.15. The topological polar surface area (TPSA) is 56.7 Å². The van der Waals surface area contributed by atoms with E-state index in [-0.39, 0.29) is 0 Å². The number of anilines is 1. The molecular formula is C13H18N4. The molecule has 90 valence electrons. The van der Waals surface area contributed by atoms with Gasteiger partial charge in [-0.15, -0.1) is 5.10 Å². The predicted octanol–water partition coefficient (Wildman–Crippen LogP) is 2.57. The van der Waals surface area contributed by atoms with E-state index >= 15 is 0 Å². The van der Waals surface area contributed by atoms with Crippen molar-refractivity contribution < 1.29 is 0 Å². The zero-order valence-electron chi connectivity index (χ0n) is 10.3. The minimum absolute atomic E-state index is 0.676. The van der Waals surface area contributed by atoms with E-state index in [4.69, 9.17) is 5.73 Å². The summed E-state index contributed by atoms with van der Waals surface area (Å²) in [5, 5.41) is 8.28. The summed E-state index contributed by atoms with van der Waals surface area (Å²) in [5.41, 5.74) is 8.39. The lowest BCUT2D eigenvalue weighted by Crippen LogP contribution is -2.01. The molecule has 0 atom stereocenters. The Morgan fingerprint density at radius 2 is 2.18 bits per heavy atom. The van der Waals surface area contributed by atoms with Crippen LogP contribution in [0.2, 0.25) is 0 Å². The second-order valence-electron chi connectivity index (χ2n) is 4.67.